The maximum Gasteiger partial charge on any atom is 0.154 e. The standard InChI is InChI=1S/C11H7Cl2N5/c12-8-6(1-2-16-10(8)14)11-17-5-7-9(13)15-3-4-18(7)11/h1-5H,(H2,14,16). The quantitative estimate of drug-likeness (QED) is 0.744. The van der Waals surface area contributed by atoms with E-state index in [4.69, 9.17) is 28.9 Å². The SMILES string of the molecule is Nc1nccc(-c2ncc3c(Cl)nccn23)c1Cl. The van der Waals surface area contributed by atoms with Gasteiger partial charge in [-0.2, -0.15) is 0 Å². The Balaban J connectivity index is 2.33. The Morgan fingerprint density at radius 1 is 1.11 bits per heavy atom. The van der Waals surface area contributed by atoms with E-state index in [9.17, 15) is 0 Å². The third-order valence-electron chi connectivity index (χ3n) is 2.57. The predicted molar refractivity (Wildman–Crippen MR) is 70.7 cm³/mol. The monoisotopic (exact) mass is 279 g/mol. The average Bonchev–Trinajstić information content (AvgIpc) is 2.78. The summed E-state index contributed by atoms with van der Waals surface area (Å²) in [7, 11) is 0. The molecule has 3 rings (SSSR count). The van der Waals surface area contributed by atoms with Gasteiger partial charge in [-0.25, -0.2) is 15.0 Å². The third kappa shape index (κ3) is 1.60. The number of halogens is 2. The van der Waals surface area contributed by atoms with Gasteiger partial charge in [0.25, 0.3) is 0 Å². The number of hydrogen-bond acceptors (Lipinski definition) is 4. The smallest absolute Gasteiger partial charge is 0.154 e. The Labute approximate surface area is 112 Å². The van der Waals surface area contributed by atoms with Crippen LogP contribution in [0.5, 0.6) is 0 Å². The van der Waals surface area contributed by atoms with Crippen LogP contribution in [-0.4, -0.2) is 19.4 Å². The Hall–Kier alpha value is -1.85. The van der Waals surface area contributed by atoms with Crippen LogP contribution in [0.2, 0.25) is 10.2 Å². The molecule has 0 radical (unpaired) electrons. The second-order valence-electron chi connectivity index (χ2n) is 3.61. The Morgan fingerprint density at radius 3 is 2.78 bits per heavy atom. The summed E-state index contributed by atoms with van der Waals surface area (Å²) in [6, 6.07) is 1.75. The first kappa shape index (κ1) is 11.3. The first-order valence-corrected chi connectivity index (χ1v) is 5.82. The third-order valence-corrected chi connectivity index (χ3v) is 3.26. The molecule has 0 aliphatic heterocycles. The summed E-state index contributed by atoms with van der Waals surface area (Å²) in [6.45, 7) is 0. The zero-order chi connectivity index (χ0) is 12.7. The van der Waals surface area contributed by atoms with Gasteiger partial charge in [0.05, 0.1) is 11.2 Å². The van der Waals surface area contributed by atoms with Crippen molar-refractivity contribution in [3.8, 4) is 11.4 Å². The second-order valence-corrected chi connectivity index (χ2v) is 4.35. The van der Waals surface area contributed by atoms with Crippen LogP contribution in [0.25, 0.3) is 16.9 Å². The van der Waals surface area contributed by atoms with Crippen LogP contribution in [0.15, 0.2) is 30.9 Å². The first-order chi connectivity index (χ1) is 8.68. The molecule has 0 fully saturated rings. The normalized spacial score (nSPS) is 11.0. The zero-order valence-electron chi connectivity index (χ0n) is 9.01. The van der Waals surface area contributed by atoms with Gasteiger partial charge in [0, 0.05) is 24.2 Å². The molecule has 0 unspecified atom stereocenters. The summed E-state index contributed by atoms with van der Waals surface area (Å²) in [5.41, 5.74) is 7.09. The van der Waals surface area contributed by atoms with E-state index in [2.05, 4.69) is 15.0 Å². The van der Waals surface area contributed by atoms with Crippen molar-refractivity contribution >= 4 is 34.5 Å². The minimum absolute atomic E-state index is 0.270. The van der Waals surface area contributed by atoms with E-state index in [1.807, 2.05) is 0 Å². The summed E-state index contributed by atoms with van der Waals surface area (Å²) in [5, 5.41) is 0.757. The van der Waals surface area contributed by atoms with Gasteiger partial charge in [0.2, 0.25) is 0 Å². The number of imidazole rings is 1. The van der Waals surface area contributed by atoms with E-state index in [0.717, 1.165) is 0 Å². The molecule has 0 saturated heterocycles. The Bertz CT molecular complexity index is 737. The lowest BCUT2D eigenvalue weighted by Gasteiger charge is -2.05. The van der Waals surface area contributed by atoms with Crippen molar-refractivity contribution in [2.75, 3.05) is 5.73 Å². The molecule has 0 spiro atoms. The molecule has 3 aromatic heterocycles. The van der Waals surface area contributed by atoms with E-state index in [0.29, 0.717) is 27.1 Å². The fourth-order valence-corrected chi connectivity index (χ4v) is 2.12. The second kappa shape index (κ2) is 4.12. The number of pyridine rings is 1. The van der Waals surface area contributed by atoms with Gasteiger partial charge in [-0.1, -0.05) is 23.2 Å². The molecule has 0 aliphatic carbocycles. The number of nitrogens with zero attached hydrogens (tertiary/aromatic N) is 4. The molecule has 0 bridgehead atoms. The Morgan fingerprint density at radius 2 is 1.94 bits per heavy atom. The van der Waals surface area contributed by atoms with Crippen molar-refractivity contribution < 1.29 is 0 Å². The molecule has 3 aromatic rings. The van der Waals surface area contributed by atoms with E-state index < -0.39 is 0 Å². The van der Waals surface area contributed by atoms with Crippen LogP contribution in [-0.2, 0) is 0 Å². The van der Waals surface area contributed by atoms with Crippen LogP contribution in [0.3, 0.4) is 0 Å². The van der Waals surface area contributed by atoms with Gasteiger partial charge in [-0.15, -0.1) is 0 Å². The number of hydrogen-bond donors (Lipinski definition) is 1. The minimum Gasteiger partial charge on any atom is -0.382 e. The molecule has 90 valence electrons. The average molecular weight is 280 g/mol. The minimum atomic E-state index is 0.270. The topological polar surface area (TPSA) is 69.1 Å². The molecule has 2 N–H and O–H groups in total. The lowest BCUT2D eigenvalue weighted by Crippen LogP contribution is -1.96. The molecule has 5 nitrogen and oxygen atoms in total. The lowest BCUT2D eigenvalue weighted by molar-refractivity contribution is 1.12. The van der Waals surface area contributed by atoms with E-state index in [-0.39, 0.29) is 5.82 Å². The maximum atomic E-state index is 6.14. The van der Waals surface area contributed by atoms with Crippen LogP contribution in [0, 0.1) is 0 Å². The molecule has 18 heavy (non-hydrogen) atoms. The summed E-state index contributed by atoms with van der Waals surface area (Å²) < 4.78 is 1.80. The summed E-state index contributed by atoms with van der Waals surface area (Å²) >= 11 is 12.1. The summed E-state index contributed by atoms with van der Waals surface area (Å²) in [5.74, 6) is 0.916. The van der Waals surface area contributed by atoms with Gasteiger partial charge >= 0.3 is 0 Å². The van der Waals surface area contributed by atoms with E-state index in [1.54, 1.807) is 35.3 Å². The summed E-state index contributed by atoms with van der Waals surface area (Å²) in [6.07, 6.45) is 6.58. The molecular formula is C11H7Cl2N5. The largest absolute Gasteiger partial charge is 0.382 e. The summed E-state index contributed by atoms with van der Waals surface area (Å²) in [4.78, 5) is 12.2. The highest BCUT2D eigenvalue weighted by atomic mass is 35.5. The highest BCUT2D eigenvalue weighted by Crippen LogP contribution is 2.31. The molecule has 0 amide bonds. The molecule has 0 aliphatic rings. The van der Waals surface area contributed by atoms with Crippen LogP contribution < -0.4 is 5.73 Å². The van der Waals surface area contributed by atoms with Gasteiger partial charge in [-0.3, -0.25) is 4.40 Å². The van der Waals surface area contributed by atoms with Crippen molar-refractivity contribution in [3.63, 3.8) is 0 Å². The van der Waals surface area contributed by atoms with E-state index >= 15 is 0 Å². The van der Waals surface area contributed by atoms with E-state index in [1.165, 1.54) is 0 Å². The predicted octanol–water partition coefficient (Wildman–Crippen LogP) is 2.68. The number of aromatic nitrogens is 4. The van der Waals surface area contributed by atoms with Gasteiger partial charge in [0.1, 0.15) is 17.2 Å². The van der Waals surface area contributed by atoms with Gasteiger partial charge < -0.3 is 5.73 Å². The van der Waals surface area contributed by atoms with Crippen molar-refractivity contribution in [1.82, 2.24) is 19.4 Å². The van der Waals surface area contributed by atoms with Gasteiger partial charge in [-0.05, 0) is 6.07 Å². The lowest BCUT2D eigenvalue weighted by atomic mass is 10.2. The molecule has 0 saturated carbocycles. The highest BCUT2D eigenvalue weighted by Gasteiger charge is 2.13. The number of nitrogens with two attached hydrogens (primary N) is 1. The Kier molecular flexibility index (Phi) is 2.57. The van der Waals surface area contributed by atoms with Crippen molar-refractivity contribution in [2.45, 2.75) is 0 Å². The first-order valence-electron chi connectivity index (χ1n) is 5.06. The fraction of sp³-hybridized carbons (Fsp3) is 0. The molecule has 3 heterocycles. The van der Waals surface area contributed by atoms with Crippen LogP contribution >= 0.6 is 23.2 Å². The maximum absolute atomic E-state index is 6.14. The number of rotatable bonds is 1. The van der Waals surface area contributed by atoms with Crippen molar-refractivity contribution in [3.05, 3.63) is 41.0 Å². The fourth-order valence-electron chi connectivity index (χ4n) is 1.73. The molecule has 0 atom stereocenters. The van der Waals surface area contributed by atoms with Crippen molar-refractivity contribution in [1.29, 1.82) is 0 Å². The number of nitrogen functional groups attached to an aromatic ring is 1. The molecular weight excluding hydrogens is 273 g/mol. The number of anilines is 1. The highest BCUT2D eigenvalue weighted by molar-refractivity contribution is 6.35. The zero-order valence-corrected chi connectivity index (χ0v) is 10.5. The van der Waals surface area contributed by atoms with Crippen LogP contribution in [0.1, 0.15) is 0 Å². The van der Waals surface area contributed by atoms with Crippen molar-refractivity contribution in [2.24, 2.45) is 0 Å². The van der Waals surface area contributed by atoms with Gasteiger partial charge in [0.15, 0.2) is 5.15 Å². The molecule has 7 heteroatoms. The van der Waals surface area contributed by atoms with Crippen LogP contribution in [0.4, 0.5) is 5.82 Å². The molecule has 0 aromatic carbocycles. The number of fused-ring (bicyclic) bond motifs is 1.